The number of morpholine rings is 1. The van der Waals surface area contributed by atoms with Crippen LogP contribution in [-0.2, 0) is 24.8 Å². The van der Waals surface area contributed by atoms with E-state index in [0.29, 0.717) is 66.1 Å². The summed E-state index contributed by atoms with van der Waals surface area (Å²) < 4.78 is 30.3. The van der Waals surface area contributed by atoms with Crippen molar-refractivity contribution in [3.05, 3.63) is 59.7 Å². The lowest BCUT2D eigenvalue weighted by Gasteiger charge is -2.37. The number of rotatable bonds is 3. The summed E-state index contributed by atoms with van der Waals surface area (Å²) in [5.74, 6) is 0.438. The lowest BCUT2D eigenvalue weighted by Crippen LogP contribution is -2.49. The zero-order chi connectivity index (χ0) is 27.6. The summed E-state index contributed by atoms with van der Waals surface area (Å²) in [6.07, 6.45) is 4.72. The maximum absolute atomic E-state index is 13.0. The Kier molecular flexibility index (Phi) is 4.41. The third kappa shape index (κ3) is 3.63. The number of fused-ring (bicyclic) bond motifs is 5. The molecule has 1 saturated heterocycles. The van der Waals surface area contributed by atoms with Crippen molar-refractivity contribution >= 4 is 34.1 Å². The number of hydrogen-bond acceptors (Lipinski definition) is 8. The molecule has 0 aliphatic carbocycles. The Bertz CT molecular complexity index is 1650. The van der Waals surface area contributed by atoms with Crippen LogP contribution >= 0.6 is 0 Å². The summed E-state index contributed by atoms with van der Waals surface area (Å²) in [6.45, 7) is 1.80. The monoisotopic (exact) mass is 499 g/mol. The highest BCUT2D eigenvalue weighted by Crippen LogP contribution is 2.36. The molecule has 0 unspecified atom stereocenters. The van der Waals surface area contributed by atoms with E-state index in [4.69, 9.17) is 18.8 Å². The summed E-state index contributed by atoms with van der Waals surface area (Å²) in [6, 6.07) is 7.85. The maximum atomic E-state index is 13.0. The molecule has 1 amide bonds. The van der Waals surface area contributed by atoms with Gasteiger partial charge in [0.1, 0.15) is 11.5 Å². The molecular weight excluding hydrogens is 468 g/mol. The molecule has 0 aromatic carbocycles. The van der Waals surface area contributed by atoms with Crippen LogP contribution in [0.1, 0.15) is 25.7 Å². The van der Waals surface area contributed by atoms with Crippen molar-refractivity contribution < 1.29 is 13.6 Å². The van der Waals surface area contributed by atoms with Crippen molar-refractivity contribution in [2.75, 3.05) is 43.6 Å². The third-order valence-electron chi connectivity index (χ3n) is 7.37. The number of carbonyl (C=O) groups is 1. The molecule has 188 valence electrons. The van der Waals surface area contributed by atoms with E-state index in [1.54, 1.807) is 24.5 Å². The second-order valence-electron chi connectivity index (χ2n) is 9.74. The van der Waals surface area contributed by atoms with Gasteiger partial charge < -0.3 is 24.8 Å². The molecule has 0 spiro atoms. The van der Waals surface area contributed by atoms with E-state index in [9.17, 15) is 4.79 Å². The number of nitrogens with one attached hydrogen (secondary N) is 2. The predicted molar refractivity (Wildman–Crippen MR) is 141 cm³/mol. The number of carbonyl (C=O) groups excluding carboxylic acids is 1. The quantitative estimate of drug-likeness (QED) is 0.444. The normalized spacial score (nSPS) is 20.8. The van der Waals surface area contributed by atoms with Gasteiger partial charge in [0.2, 0.25) is 0 Å². The van der Waals surface area contributed by atoms with Crippen molar-refractivity contribution in [3.63, 3.8) is 0 Å². The minimum atomic E-state index is -2.35. The van der Waals surface area contributed by atoms with Crippen molar-refractivity contribution in [2.24, 2.45) is 6.98 Å². The van der Waals surface area contributed by atoms with Gasteiger partial charge in [-0.3, -0.25) is 14.7 Å². The molecule has 3 aliphatic heterocycles. The van der Waals surface area contributed by atoms with Gasteiger partial charge in [-0.05, 0) is 31.3 Å². The Hall–Kier alpha value is -4.02. The lowest BCUT2D eigenvalue weighted by atomic mass is 10.0. The first-order valence-corrected chi connectivity index (χ1v) is 12.3. The summed E-state index contributed by atoms with van der Waals surface area (Å²) in [7, 11) is 2.09. The van der Waals surface area contributed by atoms with Crippen LogP contribution < -0.4 is 15.5 Å². The van der Waals surface area contributed by atoms with E-state index in [-0.39, 0.29) is 5.91 Å². The van der Waals surface area contributed by atoms with E-state index in [0.717, 1.165) is 35.6 Å². The zero-order valence-corrected chi connectivity index (χ0v) is 20.4. The smallest absolute Gasteiger partial charge is 0.254 e. The van der Waals surface area contributed by atoms with Gasteiger partial charge in [0, 0.05) is 66.2 Å². The number of aromatic nitrogens is 4. The molecule has 4 aromatic heterocycles. The van der Waals surface area contributed by atoms with Gasteiger partial charge >= 0.3 is 0 Å². The van der Waals surface area contributed by atoms with Crippen molar-refractivity contribution in [1.29, 1.82) is 0 Å². The predicted octanol–water partition coefficient (Wildman–Crippen LogP) is 2.67. The van der Waals surface area contributed by atoms with Crippen LogP contribution in [-0.4, -0.2) is 69.7 Å². The molecule has 0 bridgehead atoms. The van der Waals surface area contributed by atoms with E-state index in [1.165, 1.54) is 10.8 Å². The van der Waals surface area contributed by atoms with E-state index < -0.39 is 6.98 Å². The fourth-order valence-corrected chi connectivity index (χ4v) is 5.70. The highest BCUT2D eigenvalue weighted by molar-refractivity contribution is 6.06. The molecule has 10 nitrogen and oxygen atoms in total. The number of anilines is 3. The van der Waals surface area contributed by atoms with E-state index in [1.807, 2.05) is 6.07 Å². The molecule has 4 aromatic rings. The molecule has 1 atom stereocenters. The van der Waals surface area contributed by atoms with Crippen molar-refractivity contribution in [3.8, 4) is 11.3 Å². The van der Waals surface area contributed by atoms with Crippen LogP contribution in [0.4, 0.5) is 17.2 Å². The van der Waals surface area contributed by atoms with Crippen LogP contribution in [0.5, 0.6) is 0 Å². The first-order valence-electron chi connectivity index (χ1n) is 13.8. The second kappa shape index (κ2) is 8.53. The Morgan fingerprint density at radius 2 is 2.19 bits per heavy atom. The Balaban J connectivity index is 1.26. The number of pyridine rings is 3. The van der Waals surface area contributed by atoms with Crippen LogP contribution in [0, 0.1) is 0 Å². The molecule has 3 aliphatic rings. The summed E-state index contributed by atoms with van der Waals surface area (Å²) in [4.78, 5) is 31.7. The van der Waals surface area contributed by atoms with Crippen molar-refractivity contribution in [1.82, 2.24) is 29.7 Å². The van der Waals surface area contributed by atoms with Crippen LogP contribution in [0.15, 0.2) is 42.9 Å². The standard InChI is InChI=1S/C27H28N8O2/c1-33-13-16-15-37-10-9-35(16)22-3-4-23(32-21(22)14-33)31-20-12-29-25(19-11-30-27(36)24(19)20)17-5-7-28-26-18(17)6-8-34(26)2/h3-8,12,16H,9-11,13-15H2,1-2H3,(H,30,36)(H,31,32)/t16-/m0/s1/i2D3. The Labute approximate surface area is 218 Å². The largest absolute Gasteiger partial charge is 0.377 e. The van der Waals surface area contributed by atoms with Gasteiger partial charge in [-0.25, -0.2) is 9.97 Å². The highest BCUT2D eigenvalue weighted by atomic mass is 16.5. The molecular formula is C27H28N8O2. The molecule has 10 heteroatoms. The average Bonchev–Trinajstić information content (AvgIpc) is 3.50. The van der Waals surface area contributed by atoms with Gasteiger partial charge in [-0.2, -0.15) is 0 Å². The maximum Gasteiger partial charge on any atom is 0.254 e. The van der Waals surface area contributed by atoms with Crippen molar-refractivity contribution in [2.45, 2.75) is 19.1 Å². The van der Waals surface area contributed by atoms with Crippen LogP contribution in [0.25, 0.3) is 22.3 Å². The van der Waals surface area contributed by atoms with E-state index in [2.05, 4.69) is 38.5 Å². The molecule has 0 saturated carbocycles. The second-order valence-corrected chi connectivity index (χ2v) is 9.74. The van der Waals surface area contributed by atoms with Gasteiger partial charge in [0.25, 0.3) is 5.91 Å². The average molecular weight is 500 g/mol. The summed E-state index contributed by atoms with van der Waals surface area (Å²) in [5, 5.41) is 6.92. The number of aryl methyl sites for hydroxylation is 1. The van der Waals surface area contributed by atoms with Crippen LogP contribution in [0.3, 0.4) is 0 Å². The number of hydrogen-bond donors (Lipinski definition) is 2. The van der Waals surface area contributed by atoms with Gasteiger partial charge in [0.15, 0.2) is 0 Å². The Morgan fingerprint density at radius 1 is 1.24 bits per heavy atom. The van der Waals surface area contributed by atoms with Crippen LogP contribution in [0.2, 0.25) is 0 Å². The Morgan fingerprint density at radius 3 is 3.11 bits per heavy atom. The molecule has 0 radical (unpaired) electrons. The number of amides is 1. The van der Waals surface area contributed by atoms with Gasteiger partial charge in [0.05, 0.1) is 53.8 Å². The minimum absolute atomic E-state index is 0.197. The molecule has 7 heterocycles. The minimum Gasteiger partial charge on any atom is -0.377 e. The summed E-state index contributed by atoms with van der Waals surface area (Å²) in [5.41, 5.74) is 5.59. The molecule has 37 heavy (non-hydrogen) atoms. The van der Waals surface area contributed by atoms with E-state index >= 15 is 0 Å². The first kappa shape index (κ1) is 19.1. The number of likely N-dealkylation sites (N-methyl/N-ethyl adjacent to an activating group) is 1. The zero-order valence-electron chi connectivity index (χ0n) is 23.4. The highest BCUT2D eigenvalue weighted by Gasteiger charge is 2.31. The summed E-state index contributed by atoms with van der Waals surface area (Å²) >= 11 is 0. The number of ether oxygens (including phenoxy) is 1. The third-order valence-corrected chi connectivity index (χ3v) is 7.37. The van der Waals surface area contributed by atoms with Gasteiger partial charge in [-0.1, -0.05) is 0 Å². The lowest BCUT2D eigenvalue weighted by molar-refractivity contribution is 0.0844. The fraction of sp³-hybridized carbons (Fsp3) is 0.333. The van der Waals surface area contributed by atoms with Gasteiger partial charge in [-0.15, -0.1) is 0 Å². The topological polar surface area (TPSA) is 100 Å². The molecule has 7 rings (SSSR count). The molecule has 2 N–H and O–H groups in total. The SMILES string of the molecule is [2H]C([2H])([2H])n1ccc2c(-c3ncc(Nc4ccc5c(n4)CN(C)C[C@H]4COCCN54)c4c3CNC4=O)ccnc21. The molecule has 1 fully saturated rings. The number of nitrogens with zero attached hydrogens (tertiary/aromatic N) is 6. The first-order chi connectivity index (χ1) is 19.3. The fourth-order valence-electron chi connectivity index (χ4n) is 5.70.